The van der Waals surface area contributed by atoms with E-state index in [9.17, 15) is 23.1 Å². The second-order valence-corrected chi connectivity index (χ2v) is 14.4. The van der Waals surface area contributed by atoms with Crippen molar-refractivity contribution in [1.29, 1.82) is 0 Å². The van der Waals surface area contributed by atoms with Crippen LogP contribution in [-0.4, -0.2) is 59.1 Å². The number of hydrogen-bond acceptors (Lipinski definition) is 6. The third-order valence-corrected chi connectivity index (χ3v) is 10.6. The molecule has 3 aromatic rings. The molecular weight excluding hydrogens is 571 g/mol. The summed E-state index contributed by atoms with van der Waals surface area (Å²) in [6.07, 6.45) is -0.883. The average molecular weight is 610 g/mol. The van der Waals surface area contributed by atoms with Crippen LogP contribution in [0.15, 0.2) is 83.8 Å². The zero-order valence-corrected chi connectivity index (χ0v) is 26.0. The average Bonchev–Trinajstić information content (AvgIpc) is 3.30. The monoisotopic (exact) mass is 609 g/mol. The van der Waals surface area contributed by atoms with Gasteiger partial charge in [0.05, 0.1) is 16.8 Å². The van der Waals surface area contributed by atoms with Crippen molar-refractivity contribution < 1.29 is 23.1 Å². The molecule has 3 aromatic carbocycles. The lowest BCUT2D eigenvalue weighted by Gasteiger charge is -2.33. The lowest BCUT2D eigenvalue weighted by Crippen LogP contribution is -2.58. The minimum absolute atomic E-state index is 0.0451. The molecule has 3 atom stereocenters. The minimum atomic E-state index is -4.07. The standard InChI is InChI=1S/C32H39N3O5S2/c1-5-23-15-17-26(18-16-23)42(39,40)34-27(19-24-12-7-6-8-13-24)28(36)31(38)35-21-41-32(3,4)29(35)30(37)33-20-25-14-10-9-11-22(25)2/h6-18,27-29,34,36H,5,19-21H2,1-4H3,(H,33,37)/t27-,28-,29+/m0/s1. The fraction of sp³-hybridized carbons (Fsp3) is 0.375. The molecule has 0 saturated carbocycles. The van der Waals surface area contributed by atoms with Crippen molar-refractivity contribution in [2.45, 2.75) is 74.9 Å². The molecule has 8 nitrogen and oxygen atoms in total. The molecule has 1 fully saturated rings. The zero-order chi connectivity index (χ0) is 30.5. The van der Waals surface area contributed by atoms with Crippen LogP contribution in [0.3, 0.4) is 0 Å². The predicted molar refractivity (Wildman–Crippen MR) is 166 cm³/mol. The lowest BCUT2D eigenvalue weighted by atomic mass is 9.97. The maximum atomic E-state index is 13.9. The van der Waals surface area contributed by atoms with E-state index in [0.717, 1.165) is 28.7 Å². The molecule has 10 heteroatoms. The van der Waals surface area contributed by atoms with Crippen LogP contribution < -0.4 is 10.0 Å². The summed E-state index contributed by atoms with van der Waals surface area (Å²) in [4.78, 5) is 28.8. The fourth-order valence-electron chi connectivity index (χ4n) is 5.10. The number of aliphatic hydroxyl groups is 1. The number of carbonyl (C=O) groups is 2. The number of rotatable bonds is 11. The first-order valence-corrected chi connectivity index (χ1v) is 16.5. The normalized spacial score (nSPS) is 17.9. The maximum absolute atomic E-state index is 13.9. The van der Waals surface area contributed by atoms with Crippen molar-refractivity contribution in [3.05, 3.63) is 101 Å². The number of nitrogens with one attached hydrogen (secondary N) is 2. The van der Waals surface area contributed by atoms with Gasteiger partial charge < -0.3 is 15.3 Å². The van der Waals surface area contributed by atoms with E-state index in [1.54, 1.807) is 12.1 Å². The first-order valence-electron chi connectivity index (χ1n) is 14.0. The molecule has 0 unspecified atom stereocenters. The molecule has 0 bridgehead atoms. The molecule has 2 amide bonds. The van der Waals surface area contributed by atoms with Crippen molar-refractivity contribution in [2.24, 2.45) is 0 Å². The smallest absolute Gasteiger partial charge is 0.254 e. The van der Waals surface area contributed by atoms with Crippen LogP contribution in [0.2, 0.25) is 0 Å². The number of amides is 2. The van der Waals surface area contributed by atoms with Crippen molar-refractivity contribution in [3.63, 3.8) is 0 Å². The SMILES string of the molecule is CCc1ccc(S(=O)(=O)N[C@@H](Cc2ccccc2)[C@H](O)C(=O)N2CSC(C)(C)[C@H]2C(=O)NCc2ccccc2C)cc1. The van der Waals surface area contributed by atoms with Crippen LogP contribution in [0.25, 0.3) is 0 Å². The molecule has 0 aromatic heterocycles. The van der Waals surface area contributed by atoms with Gasteiger partial charge in [0.1, 0.15) is 12.1 Å². The summed E-state index contributed by atoms with van der Waals surface area (Å²) in [6, 6.07) is 21.3. The first kappa shape index (κ1) is 31.7. The van der Waals surface area contributed by atoms with Gasteiger partial charge in [0.15, 0.2) is 0 Å². The van der Waals surface area contributed by atoms with Gasteiger partial charge in [0, 0.05) is 11.3 Å². The Morgan fingerprint density at radius 2 is 1.64 bits per heavy atom. The van der Waals surface area contributed by atoms with Crippen LogP contribution in [0.5, 0.6) is 0 Å². The second-order valence-electron chi connectivity index (χ2n) is 11.1. The Morgan fingerprint density at radius 1 is 1.00 bits per heavy atom. The molecule has 0 spiro atoms. The molecule has 4 rings (SSSR count). The molecule has 224 valence electrons. The summed E-state index contributed by atoms with van der Waals surface area (Å²) in [5, 5.41) is 14.4. The molecule has 1 aliphatic rings. The second kappa shape index (κ2) is 13.4. The summed E-state index contributed by atoms with van der Waals surface area (Å²) in [5.74, 6) is -0.840. The van der Waals surface area contributed by atoms with Gasteiger partial charge in [-0.25, -0.2) is 13.1 Å². The summed E-state index contributed by atoms with van der Waals surface area (Å²) >= 11 is 1.44. The molecular formula is C32H39N3O5S2. The number of hydrogen-bond donors (Lipinski definition) is 3. The fourth-order valence-corrected chi connectivity index (χ4v) is 7.48. The number of aliphatic hydroxyl groups excluding tert-OH is 1. The van der Waals surface area contributed by atoms with E-state index < -0.39 is 38.9 Å². The zero-order valence-electron chi connectivity index (χ0n) is 24.4. The highest BCUT2D eigenvalue weighted by molar-refractivity contribution is 8.00. The van der Waals surface area contributed by atoms with E-state index in [-0.39, 0.29) is 23.1 Å². The molecule has 0 radical (unpaired) electrons. The Balaban J connectivity index is 1.57. The van der Waals surface area contributed by atoms with Gasteiger partial charge >= 0.3 is 0 Å². The van der Waals surface area contributed by atoms with Crippen molar-refractivity contribution in [3.8, 4) is 0 Å². The number of benzene rings is 3. The van der Waals surface area contributed by atoms with E-state index in [1.807, 2.05) is 82.3 Å². The van der Waals surface area contributed by atoms with Gasteiger partial charge in [-0.2, -0.15) is 0 Å². The van der Waals surface area contributed by atoms with Crippen LogP contribution in [-0.2, 0) is 39.0 Å². The highest BCUT2D eigenvalue weighted by Crippen LogP contribution is 2.40. The third-order valence-electron chi connectivity index (χ3n) is 7.67. The van der Waals surface area contributed by atoms with E-state index >= 15 is 0 Å². The van der Waals surface area contributed by atoms with Gasteiger partial charge in [-0.05, 0) is 68.0 Å². The summed E-state index contributed by atoms with van der Waals surface area (Å²) in [5.41, 5.74) is 3.76. The van der Waals surface area contributed by atoms with Crippen LogP contribution >= 0.6 is 11.8 Å². The highest BCUT2D eigenvalue weighted by atomic mass is 32.2. The minimum Gasteiger partial charge on any atom is -0.382 e. The highest BCUT2D eigenvalue weighted by Gasteiger charge is 2.50. The van der Waals surface area contributed by atoms with Gasteiger partial charge in [0.25, 0.3) is 5.91 Å². The number of aryl methyl sites for hydroxylation is 2. The number of thioether (sulfide) groups is 1. The van der Waals surface area contributed by atoms with Gasteiger partial charge in [-0.15, -0.1) is 11.8 Å². The van der Waals surface area contributed by atoms with Crippen LogP contribution in [0.1, 0.15) is 43.0 Å². The number of carbonyl (C=O) groups excluding carboxylic acids is 2. The Labute approximate surface area is 253 Å². The molecule has 1 saturated heterocycles. The van der Waals surface area contributed by atoms with Crippen molar-refractivity contribution in [2.75, 3.05) is 5.88 Å². The molecule has 3 N–H and O–H groups in total. The Morgan fingerprint density at radius 3 is 2.29 bits per heavy atom. The van der Waals surface area contributed by atoms with Crippen LogP contribution in [0, 0.1) is 6.92 Å². The van der Waals surface area contributed by atoms with Crippen molar-refractivity contribution in [1.82, 2.24) is 14.9 Å². The predicted octanol–water partition coefficient (Wildman–Crippen LogP) is 3.80. The van der Waals surface area contributed by atoms with Crippen molar-refractivity contribution >= 4 is 33.6 Å². The Bertz CT molecular complexity index is 1490. The van der Waals surface area contributed by atoms with E-state index in [0.29, 0.717) is 6.54 Å². The molecule has 1 heterocycles. The molecule has 1 aliphatic heterocycles. The van der Waals surface area contributed by atoms with Gasteiger partial charge in [-0.1, -0.05) is 73.7 Å². The van der Waals surface area contributed by atoms with Crippen LogP contribution in [0.4, 0.5) is 0 Å². The summed E-state index contributed by atoms with van der Waals surface area (Å²) < 4.78 is 28.7. The van der Waals surface area contributed by atoms with E-state index in [1.165, 1.54) is 28.8 Å². The molecule has 0 aliphatic carbocycles. The Hall–Kier alpha value is -3.18. The topological polar surface area (TPSA) is 116 Å². The number of nitrogens with zero attached hydrogens (tertiary/aromatic N) is 1. The first-order chi connectivity index (χ1) is 19.9. The van der Waals surface area contributed by atoms with Gasteiger partial charge in [0.2, 0.25) is 15.9 Å². The maximum Gasteiger partial charge on any atom is 0.254 e. The molecule has 42 heavy (non-hydrogen) atoms. The largest absolute Gasteiger partial charge is 0.382 e. The summed E-state index contributed by atoms with van der Waals surface area (Å²) in [7, 11) is -4.07. The number of sulfonamides is 1. The quantitative estimate of drug-likeness (QED) is 0.305. The summed E-state index contributed by atoms with van der Waals surface area (Å²) in [6.45, 7) is 8.03. The van der Waals surface area contributed by atoms with Gasteiger partial charge in [-0.3, -0.25) is 9.59 Å². The lowest BCUT2D eigenvalue weighted by molar-refractivity contribution is -0.147. The van der Waals surface area contributed by atoms with E-state index in [2.05, 4.69) is 10.0 Å². The Kier molecular flexibility index (Phi) is 10.1. The third kappa shape index (κ3) is 7.42. The van der Waals surface area contributed by atoms with E-state index in [4.69, 9.17) is 0 Å².